The van der Waals surface area contributed by atoms with Crippen molar-refractivity contribution in [3.63, 3.8) is 0 Å². The standard InChI is InChI=1S/C11H6F18O3S.C6H11N/c1-2-3(12,13)4(14,15)5(16,17)6(18,19)7(20,21)8(22,23)9(24,25)10(26,27)11(28,29)33(30,31)32;1-3-5-7-6-4-2/h2H2,1H3,(H,30,31,32);3-4,7H,1-2,5-6H2. The average molecular weight is 657 g/mol. The first kappa shape index (κ1) is 40.2. The molecule has 0 aliphatic heterocycles. The molecule has 0 atom stereocenters. The van der Waals surface area contributed by atoms with Gasteiger partial charge in [0.25, 0.3) is 0 Å². The van der Waals surface area contributed by atoms with Crippen LogP contribution in [-0.4, -0.2) is 78.7 Å². The van der Waals surface area contributed by atoms with Gasteiger partial charge in [-0.1, -0.05) is 19.1 Å². The van der Waals surface area contributed by atoms with Crippen LogP contribution in [0, 0.1) is 0 Å². The first-order valence-corrected chi connectivity index (χ1v) is 11.0. The Morgan fingerprint density at radius 3 is 1.05 bits per heavy atom. The third kappa shape index (κ3) is 6.00. The summed E-state index contributed by atoms with van der Waals surface area (Å²) in [6, 6.07) is 0. The van der Waals surface area contributed by atoms with Crippen LogP contribution in [0.15, 0.2) is 25.3 Å². The fourth-order valence-electron chi connectivity index (χ4n) is 2.07. The van der Waals surface area contributed by atoms with Crippen molar-refractivity contribution in [2.75, 3.05) is 13.1 Å². The summed E-state index contributed by atoms with van der Waals surface area (Å²) in [5.41, 5.74) is 0. The van der Waals surface area contributed by atoms with Gasteiger partial charge in [-0.15, -0.1) is 13.2 Å². The van der Waals surface area contributed by atoms with Crippen molar-refractivity contribution in [2.45, 2.75) is 66.0 Å². The average Bonchev–Trinajstić information content (AvgIpc) is 2.77. The van der Waals surface area contributed by atoms with Crippen LogP contribution in [0.3, 0.4) is 0 Å². The summed E-state index contributed by atoms with van der Waals surface area (Å²) >= 11 is 0. The molecule has 0 aliphatic rings. The van der Waals surface area contributed by atoms with Crippen LogP contribution < -0.4 is 5.32 Å². The number of hydrogen-bond acceptors (Lipinski definition) is 3. The highest BCUT2D eigenvalue weighted by molar-refractivity contribution is 7.87. The lowest BCUT2D eigenvalue weighted by Gasteiger charge is -2.44. The lowest BCUT2D eigenvalue weighted by atomic mass is 9.87. The summed E-state index contributed by atoms with van der Waals surface area (Å²) in [6.45, 7) is 8.64. The molecule has 0 saturated carbocycles. The maximum Gasteiger partial charge on any atom is 0.438 e. The lowest BCUT2D eigenvalue weighted by molar-refractivity contribution is -0.459. The van der Waals surface area contributed by atoms with E-state index in [0.717, 1.165) is 13.1 Å². The molecule has 4 nitrogen and oxygen atoms in total. The molecule has 0 heterocycles. The van der Waals surface area contributed by atoms with Crippen molar-refractivity contribution in [2.24, 2.45) is 0 Å². The van der Waals surface area contributed by atoms with E-state index in [2.05, 4.69) is 18.5 Å². The first-order valence-electron chi connectivity index (χ1n) is 9.52. The summed E-state index contributed by atoms with van der Waals surface area (Å²) < 4.78 is 265. The molecule has 2 N–H and O–H groups in total. The zero-order valence-corrected chi connectivity index (χ0v) is 20.0. The maximum atomic E-state index is 13.4. The topological polar surface area (TPSA) is 66.4 Å². The van der Waals surface area contributed by atoms with Gasteiger partial charge >= 0.3 is 62.8 Å². The molecule has 40 heavy (non-hydrogen) atoms. The zero-order valence-electron chi connectivity index (χ0n) is 19.2. The molecule has 0 rings (SSSR count). The number of rotatable bonds is 14. The molecule has 0 aliphatic carbocycles. The van der Waals surface area contributed by atoms with E-state index in [1.165, 1.54) is 0 Å². The van der Waals surface area contributed by atoms with E-state index in [0.29, 0.717) is 0 Å². The number of alkyl halides is 18. The van der Waals surface area contributed by atoms with Crippen LogP contribution in [0.2, 0.25) is 0 Å². The van der Waals surface area contributed by atoms with Crippen molar-refractivity contribution >= 4 is 10.1 Å². The van der Waals surface area contributed by atoms with E-state index < -0.39 is 69.2 Å². The minimum atomic E-state index is -9.00. The number of nitrogens with one attached hydrogen (secondary N) is 1. The molecule has 0 amide bonds. The zero-order chi connectivity index (χ0) is 33.2. The highest BCUT2D eigenvalue weighted by atomic mass is 32.2. The van der Waals surface area contributed by atoms with E-state index in [1.807, 2.05) is 12.2 Å². The summed E-state index contributed by atoms with van der Waals surface area (Å²) in [5.74, 6) is -66.9. The summed E-state index contributed by atoms with van der Waals surface area (Å²) in [7, 11) is -7.96. The summed E-state index contributed by atoms with van der Waals surface area (Å²) in [6.07, 6.45) is 1.05. The molecule has 23 heteroatoms. The molecule has 0 fully saturated rings. The van der Waals surface area contributed by atoms with Gasteiger partial charge in [0.2, 0.25) is 0 Å². The van der Waals surface area contributed by atoms with Gasteiger partial charge in [-0.2, -0.15) is 87.4 Å². The Kier molecular flexibility index (Phi) is 11.8. The monoisotopic (exact) mass is 657 g/mol. The van der Waals surface area contributed by atoms with Gasteiger partial charge in [-0.05, 0) is 0 Å². The first-order chi connectivity index (χ1) is 17.2. The Hall–Kier alpha value is -1.91. The predicted molar refractivity (Wildman–Crippen MR) is 99.6 cm³/mol. The SMILES string of the molecule is C=CCNCC=C.CCC(F)(F)C(F)(F)C(F)(F)C(F)(F)C(F)(F)C(F)(F)C(F)(F)C(F)(F)C(F)(F)S(=O)(=O)O. The predicted octanol–water partition coefficient (Wildman–Crippen LogP) is 6.91. The van der Waals surface area contributed by atoms with E-state index >= 15 is 0 Å². The normalized spacial score (nSPS) is 15.3. The third-order valence-electron chi connectivity index (χ3n) is 4.54. The molecule has 0 spiro atoms. The Balaban J connectivity index is 0. The minimum absolute atomic E-state index is 0.166. The molecular weight excluding hydrogens is 640 g/mol. The second-order valence-corrected chi connectivity index (χ2v) is 8.77. The Morgan fingerprint density at radius 1 is 0.575 bits per heavy atom. The number of hydrogen-bond donors (Lipinski definition) is 2. The fraction of sp³-hybridized carbons (Fsp3) is 0.765. The lowest BCUT2D eigenvalue weighted by Crippen LogP contribution is -2.76. The van der Waals surface area contributed by atoms with Gasteiger partial charge in [0.05, 0.1) is 0 Å². The molecule has 0 aromatic carbocycles. The van der Waals surface area contributed by atoms with Crippen LogP contribution in [-0.2, 0) is 10.1 Å². The highest BCUT2D eigenvalue weighted by Gasteiger charge is 2.97. The van der Waals surface area contributed by atoms with Crippen LogP contribution in [0.25, 0.3) is 0 Å². The van der Waals surface area contributed by atoms with Crippen molar-refractivity contribution in [1.82, 2.24) is 5.32 Å². The van der Waals surface area contributed by atoms with Gasteiger partial charge in [-0.3, -0.25) is 4.55 Å². The largest absolute Gasteiger partial charge is 0.438 e. The Bertz CT molecular complexity index is 986. The smallest absolute Gasteiger partial charge is 0.310 e. The maximum absolute atomic E-state index is 13.4. The van der Waals surface area contributed by atoms with Gasteiger partial charge < -0.3 is 5.32 Å². The molecular formula is C17H17F18NO3S. The van der Waals surface area contributed by atoms with Gasteiger partial charge in [0, 0.05) is 19.5 Å². The van der Waals surface area contributed by atoms with E-state index in [-0.39, 0.29) is 6.92 Å². The second-order valence-electron chi connectivity index (χ2n) is 7.31. The summed E-state index contributed by atoms with van der Waals surface area (Å²) in [5, 5.41) is -4.85. The van der Waals surface area contributed by atoms with E-state index in [4.69, 9.17) is 4.55 Å². The van der Waals surface area contributed by atoms with Crippen molar-refractivity contribution in [1.29, 1.82) is 0 Å². The molecule has 0 bridgehead atoms. The van der Waals surface area contributed by atoms with Gasteiger partial charge in [-0.25, -0.2) is 0 Å². The van der Waals surface area contributed by atoms with E-state index in [9.17, 15) is 87.4 Å². The Morgan fingerprint density at radius 2 is 0.825 bits per heavy atom. The molecule has 0 aromatic rings. The second kappa shape index (κ2) is 11.8. The number of halogens is 18. The molecule has 0 unspecified atom stereocenters. The third-order valence-corrected chi connectivity index (χ3v) is 5.44. The molecule has 0 aromatic heterocycles. The van der Waals surface area contributed by atoms with Crippen LogP contribution >= 0.6 is 0 Å². The van der Waals surface area contributed by atoms with Crippen molar-refractivity contribution in [3.05, 3.63) is 25.3 Å². The van der Waals surface area contributed by atoms with Gasteiger partial charge in [0.15, 0.2) is 0 Å². The van der Waals surface area contributed by atoms with Crippen molar-refractivity contribution in [3.8, 4) is 0 Å². The Labute approximate surface area is 212 Å². The highest BCUT2D eigenvalue weighted by Crippen LogP contribution is 2.65. The minimum Gasteiger partial charge on any atom is -0.310 e. The molecule has 0 radical (unpaired) electrons. The van der Waals surface area contributed by atoms with Gasteiger partial charge in [0.1, 0.15) is 0 Å². The van der Waals surface area contributed by atoms with Crippen LogP contribution in [0.5, 0.6) is 0 Å². The van der Waals surface area contributed by atoms with Crippen LogP contribution in [0.1, 0.15) is 13.3 Å². The van der Waals surface area contributed by atoms with Crippen molar-refractivity contribution < 1.29 is 92.0 Å². The fourth-order valence-corrected chi connectivity index (χ4v) is 2.52. The molecule has 0 saturated heterocycles. The quantitative estimate of drug-likeness (QED) is 0.0924. The van der Waals surface area contributed by atoms with Crippen LogP contribution in [0.4, 0.5) is 79.0 Å². The molecule has 240 valence electrons. The van der Waals surface area contributed by atoms with E-state index in [1.54, 1.807) is 0 Å². The summed E-state index contributed by atoms with van der Waals surface area (Å²) in [4.78, 5) is 0.